The monoisotopic (exact) mass is 258 g/mol. The first-order chi connectivity index (χ1) is 7.60. The van der Waals surface area contributed by atoms with Gasteiger partial charge in [0.1, 0.15) is 0 Å². The van der Waals surface area contributed by atoms with Crippen molar-refractivity contribution in [3.63, 3.8) is 0 Å². The maximum atomic E-state index is 2.45. The molecule has 0 amide bonds. The normalized spacial score (nSPS) is 20.1. The predicted octanol–water partition coefficient (Wildman–Crippen LogP) is 5.72. The van der Waals surface area contributed by atoms with Crippen molar-refractivity contribution < 1.29 is 0 Å². The molecule has 0 aromatic rings. The van der Waals surface area contributed by atoms with E-state index in [-0.39, 0.29) is 0 Å². The minimum atomic E-state index is 0.453. The molecule has 0 radical (unpaired) electrons. The highest BCUT2D eigenvalue weighted by Gasteiger charge is 2.30. The lowest BCUT2D eigenvalue weighted by Gasteiger charge is -2.36. The third-order valence-corrected chi connectivity index (χ3v) is 5.60. The SMILES string of the molecule is CSC(C(C)CC(C)(C)C)C(C)C(C)C(C)C. The molecular formula is C16H34S. The Morgan fingerprint density at radius 2 is 1.35 bits per heavy atom. The fourth-order valence-corrected chi connectivity index (χ4v) is 4.19. The molecule has 0 aliphatic heterocycles. The van der Waals surface area contributed by atoms with Crippen LogP contribution in [-0.4, -0.2) is 11.5 Å². The van der Waals surface area contributed by atoms with Crippen LogP contribution < -0.4 is 0 Å². The van der Waals surface area contributed by atoms with Crippen molar-refractivity contribution in [2.75, 3.05) is 6.26 Å². The zero-order valence-corrected chi connectivity index (χ0v) is 14.3. The molecule has 4 atom stereocenters. The van der Waals surface area contributed by atoms with E-state index < -0.39 is 0 Å². The summed E-state index contributed by atoms with van der Waals surface area (Å²) in [5, 5.41) is 0.798. The molecule has 0 bridgehead atoms. The molecule has 4 unspecified atom stereocenters. The average Bonchev–Trinajstić information content (AvgIpc) is 2.14. The van der Waals surface area contributed by atoms with Crippen molar-refractivity contribution in [3.05, 3.63) is 0 Å². The van der Waals surface area contributed by atoms with Crippen molar-refractivity contribution in [1.82, 2.24) is 0 Å². The summed E-state index contributed by atoms with van der Waals surface area (Å²) in [5.74, 6) is 3.22. The van der Waals surface area contributed by atoms with Crippen LogP contribution in [0.4, 0.5) is 0 Å². The molecule has 0 saturated carbocycles. The molecule has 0 aromatic carbocycles. The van der Waals surface area contributed by atoms with E-state index in [1.54, 1.807) is 0 Å². The van der Waals surface area contributed by atoms with Crippen molar-refractivity contribution >= 4 is 11.8 Å². The third kappa shape index (κ3) is 6.18. The first kappa shape index (κ1) is 17.4. The molecule has 104 valence electrons. The smallest absolute Gasteiger partial charge is 0.00983 e. The minimum absolute atomic E-state index is 0.453. The van der Waals surface area contributed by atoms with Gasteiger partial charge in [-0.25, -0.2) is 0 Å². The second-order valence-electron chi connectivity index (χ2n) is 7.40. The lowest BCUT2D eigenvalue weighted by molar-refractivity contribution is 0.225. The highest BCUT2D eigenvalue weighted by Crippen LogP contribution is 2.37. The first-order valence-corrected chi connectivity index (χ1v) is 8.41. The van der Waals surface area contributed by atoms with Crippen molar-refractivity contribution in [3.8, 4) is 0 Å². The summed E-state index contributed by atoms with van der Waals surface area (Å²) in [4.78, 5) is 0. The topological polar surface area (TPSA) is 0 Å². The summed E-state index contributed by atoms with van der Waals surface area (Å²) in [6.07, 6.45) is 3.61. The van der Waals surface area contributed by atoms with Crippen molar-refractivity contribution in [1.29, 1.82) is 0 Å². The summed E-state index contributed by atoms with van der Waals surface area (Å²) in [6, 6.07) is 0. The van der Waals surface area contributed by atoms with Gasteiger partial charge < -0.3 is 0 Å². The van der Waals surface area contributed by atoms with E-state index in [2.05, 4.69) is 73.4 Å². The van der Waals surface area contributed by atoms with Gasteiger partial charge in [0.05, 0.1) is 0 Å². The molecule has 0 fully saturated rings. The molecule has 0 aliphatic rings. The van der Waals surface area contributed by atoms with Gasteiger partial charge in [-0.3, -0.25) is 0 Å². The van der Waals surface area contributed by atoms with E-state index in [1.807, 2.05) is 0 Å². The molecule has 0 N–H and O–H groups in total. The van der Waals surface area contributed by atoms with Crippen LogP contribution in [0.5, 0.6) is 0 Å². The predicted molar refractivity (Wildman–Crippen MR) is 83.7 cm³/mol. The van der Waals surface area contributed by atoms with E-state index in [0.29, 0.717) is 5.41 Å². The molecule has 1 heteroatoms. The van der Waals surface area contributed by atoms with Gasteiger partial charge in [0, 0.05) is 5.25 Å². The van der Waals surface area contributed by atoms with Crippen LogP contribution in [-0.2, 0) is 0 Å². The quantitative estimate of drug-likeness (QED) is 0.587. The van der Waals surface area contributed by atoms with Crippen molar-refractivity contribution in [2.45, 2.75) is 67.1 Å². The molecule has 0 heterocycles. The summed E-state index contributed by atoms with van der Waals surface area (Å²) in [7, 11) is 0. The van der Waals surface area contributed by atoms with Gasteiger partial charge in [-0.2, -0.15) is 11.8 Å². The molecule has 0 rings (SSSR count). The van der Waals surface area contributed by atoms with Gasteiger partial charge in [-0.15, -0.1) is 0 Å². The lowest BCUT2D eigenvalue weighted by Crippen LogP contribution is -2.31. The van der Waals surface area contributed by atoms with Gasteiger partial charge in [0.25, 0.3) is 0 Å². The fraction of sp³-hybridized carbons (Fsp3) is 1.00. The third-order valence-electron chi connectivity index (χ3n) is 4.17. The van der Waals surface area contributed by atoms with Crippen LogP contribution in [0.15, 0.2) is 0 Å². The number of hydrogen-bond donors (Lipinski definition) is 0. The lowest BCUT2D eigenvalue weighted by atomic mass is 9.76. The standard InChI is InChI=1S/C16H34S/c1-11(2)13(4)14(5)15(17-9)12(3)10-16(6,7)8/h11-15H,10H2,1-9H3. The molecule has 0 nitrogen and oxygen atoms in total. The number of thioether (sulfide) groups is 1. The van der Waals surface area contributed by atoms with E-state index in [4.69, 9.17) is 0 Å². The first-order valence-electron chi connectivity index (χ1n) is 7.13. The largest absolute Gasteiger partial charge is 0.161 e. The van der Waals surface area contributed by atoms with Crippen LogP contribution in [0.25, 0.3) is 0 Å². The Morgan fingerprint density at radius 1 is 0.882 bits per heavy atom. The van der Waals surface area contributed by atoms with Crippen LogP contribution in [0.1, 0.15) is 61.8 Å². The molecule has 0 spiro atoms. The Balaban J connectivity index is 4.60. The average molecular weight is 259 g/mol. The Kier molecular flexibility index (Phi) is 7.21. The van der Waals surface area contributed by atoms with E-state index in [1.165, 1.54) is 6.42 Å². The zero-order valence-electron chi connectivity index (χ0n) is 13.5. The second-order valence-corrected chi connectivity index (χ2v) is 8.42. The van der Waals surface area contributed by atoms with Gasteiger partial charge in [0.15, 0.2) is 0 Å². The molecule has 0 aliphatic carbocycles. The molecule has 0 saturated heterocycles. The zero-order chi connectivity index (χ0) is 13.8. The minimum Gasteiger partial charge on any atom is -0.161 e. The Bertz CT molecular complexity index is 202. The van der Waals surface area contributed by atoms with Gasteiger partial charge >= 0.3 is 0 Å². The number of hydrogen-bond acceptors (Lipinski definition) is 1. The van der Waals surface area contributed by atoms with Gasteiger partial charge in [0.2, 0.25) is 0 Å². The summed E-state index contributed by atoms with van der Waals surface area (Å²) >= 11 is 2.07. The van der Waals surface area contributed by atoms with E-state index in [0.717, 1.165) is 28.9 Å². The van der Waals surface area contributed by atoms with E-state index in [9.17, 15) is 0 Å². The van der Waals surface area contributed by atoms with Gasteiger partial charge in [-0.1, -0.05) is 55.4 Å². The maximum Gasteiger partial charge on any atom is 0.00983 e. The van der Waals surface area contributed by atoms with Crippen LogP contribution >= 0.6 is 11.8 Å². The summed E-state index contributed by atoms with van der Waals surface area (Å²) < 4.78 is 0. The molecule has 17 heavy (non-hydrogen) atoms. The molecular weight excluding hydrogens is 224 g/mol. The number of rotatable bonds is 6. The van der Waals surface area contributed by atoms with Crippen LogP contribution in [0.3, 0.4) is 0 Å². The summed E-state index contributed by atoms with van der Waals surface area (Å²) in [5.41, 5.74) is 0.453. The summed E-state index contributed by atoms with van der Waals surface area (Å²) in [6.45, 7) is 19.1. The van der Waals surface area contributed by atoms with Crippen LogP contribution in [0.2, 0.25) is 0 Å². The van der Waals surface area contributed by atoms with Crippen LogP contribution in [0, 0.1) is 29.1 Å². The highest BCUT2D eigenvalue weighted by molar-refractivity contribution is 7.99. The maximum absolute atomic E-state index is 2.45. The van der Waals surface area contributed by atoms with E-state index >= 15 is 0 Å². The Hall–Kier alpha value is 0.350. The Labute approximate surface area is 114 Å². The Morgan fingerprint density at radius 3 is 1.65 bits per heavy atom. The second kappa shape index (κ2) is 7.07. The molecule has 0 aromatic heterocycles. The fourth-order valence-electron chi connectivity index (χ4n) is 2.95. The highest BCUT2D eigenvalue weighted by atomic mass is 32.2. The van der Waals surface area contributed by atoms with Crippen molar-refractivity contribution in [2.24, 2.45) is 29.1 Å². The van der Waals surface area contributed by atoms with Gasteiger partial charge in [-0.05, 0) is 41.8 Å².